The lowest BCUT2D eigenvalue weighted by Crippen LogP contribution is -2.01. The number of hydrogen-bond donors (Lipinski definition) is 2. The van der Waals surface area contributed by atoms with Gasteiger partial charge in [-0.05, 0) is 6.42 Å². The number of ether oxygens (including phenoxy) is 1. The highest BCUT2D eigenvalue weighted by Gasteiger charge is 2.00. The van der Waals surface area contributed by atoms with Gasteiger partial charge in [-0.25, -0.2) is 9.59 Å². The third-order valence-electron chi connectivity index (χ3n) is 0.901. The standard InChI is InChI=1S/C6H10O2.CH2O3/c1-4-5(2)6(7)8-3;2-1(3)4/h2,4H2,1,3H3;(H2,2,3,4). The molecule has 70 valence electrons. The Labute approximate surface area is 70.3 Å². The second-order valence-electron chi connectivity index (χ2n) is 1.73. The SMILES string of the molecule is C=C(CC)C(=O)OC.O=C(O)O. The maximum Gasteiger partial charge on any atom is 0.503 e. The molecule has 0 saturated heterocycles. The van der Waals surface area contributed by atoms with Gasteiger partial charge in [0.15, 0.2) is 0 Å². The van der Waals surface area contributed by atoms with E-state index in [0.717, 1.165) is 0 Å². The summed E-state index contributed by atoms with van der Waals surface area (Å²) in [5, 5.41) is 13.9. The highest BCUT2D eigenvalue weighted by Crippen LogP contribution is 1.96. The molecule has 0 aromatic rings. The van der Waals surface area contributed by atoms with E-state index in [1.165, 1.54) is 7.11 Å². The molecule has 0 aromatic carbocycles. The van der Waals surface area contributed by atoms with Crippen LogP contribution < -0.4 is 0 Å². The number of hydrogen-bond acceptors (Lipinski definition) is 3. The molecule has 0 bridgehead atoms. The monoisotopic (exact) mass is 176 g/mol. The summed E-state index contributed by atoms with van der Waals surface area (Å²) >= 11 is 0. The Morgan fingerprint density at radius 1 is 1.42 bits per heavy atom. The van der Waals surface area contributed by atoms with Crippen molar-refractivity contribution in [1.82, 2.24) is 0 Å². The molecule has 2 N–H and O–H groups in total. The average Bonchev–Trinajstić information content (AvgIpc) is 2.00. The number of carbonyl (C=O) groups excluding carboxylic acids is 1. The van der Waals surface area contributed by atoms with Crippen LogP contribution in [0.1, 0.15) is 13.3 Å². The molecule has 12 heavy (non-hydrogen) atoms. The van der Waals surface area contributed by atoms with Gasteiger partial charge < -0.3 is 14.9 Å². The van der Waals surface area contributed by atoms with Gasteiger partial charge >= 0.3 is 12.1 Å². The molecule has 0 aliphatic rings. The van der Waals surface area contributed by atoms with E-state index in [-0.39, 0.29) is 5.97 Å². The summed E-state index contributed by atoms with van der Waals surface area (Å²) in [5.41, 5.74) is 0.521. The quantitative estimate of drug-likeness (QED) is 0.490. The second-order valence-corrected chi connectivity index (χ2v) is 1.73. The maximum atomic E-state index is 10.4. The highest BCUT2D eigenvalue weighted by atomic mass is 16.6. The van der Waals surface area contributed by atoms with E-state index in [4.69, 9.17) is 15.0 Å². The van der Waals surface area contributed by atoms with Crippen LogP contribution in [0.5, 0.6) is 0 Å². The lowest BCUT2D eigenvalue weighted by molar-refractivity contribution is -0.136. The van der Waals surface area contributed by atoms with E-state index in [1.807, 2.05) is 6.92 Å². The zero-order valence-corrected chi connectivity index (χ0v) is 7.03. The first kappa shape index (κ1) is 13.1. The van der Waals surface area contributed by atoms with Gasteiger partial charge in [0.1, 0.15) is 0 Å². The van der Waals surface area contributed by atoms with Crippen molar-refractivity contribution in [2.45, 2.75) is 13.3 Å². The zero-order chi connectivity index (χ0) is 10.1. The number of methoxy groups -OCH3 is 1. The summed E-state index contributed by atoms with van der Waals surface area (Å²) in [6, 6.07) is 0. The van der Waals surface area contributed by atoms with Crippen LogP contribution in [0.25, 0.3) is 0 Å². The van der Waals surface area contributed by atoms with E-state index in [2.05, 4.69) is 11.3 Å². The van der Waals surface area contributed by atoms with Crippen molar-refractivity contribution in [2.75, 3.05) is 7.11 Å². The second kappa shape index (κ2) is 7.59. The molecule has 0 atom stereocenters. The summed E-state index contributed by atoms with van der Waals surface area (Å²) in [6.45, 7) is 5.33. The minimum Gasteiger partial charge on any atom is -0.466 e. The molecule has 0 unspecified atom stereocenters. The van der Waals surface area contributed by atoms with E-state index in [0.29, 0.717) is 12.0 Å². The normalized spacial score (nSPS) is 7.50. The molecule has 0 radical (unpaired) electrons. The van der Waals surface area contributed by atoms with Crippen LogP contribution in [0.4, 0.5) is 4.79 Å². The third-order valence-corrected chi connectivity index (χ3v) is 0.901. The zero-order valence-electron chi connectivity index (χ0n) is 7.03. The van der Waals surface area contributed by atoms with Crippen LogP contribution in [0.3, 0.4) is 0 Å². The van der Waals surface area contributed by atoms with Crippen molar-refractivity contribution in [3.8, 4) is 0 Å². The first-order valence-electron chi connectivity index (χ1n) is 3.13. The van der Waals surface area contributed by atoms with Crippen molar-refractivity contribution in [3.63, 3.8) is 0 Å². The van der Waals surface area contributed by atoms with Gasteiger partial charge in [-0.1, -0.05) is 13.5 Å². The fourth-order valence-electron chi connectivity index (χ4n) is 0.289. The number of esters is 1. The van der Waals surface area contributed by atoms with Crippen LogP contribution in [0.15, 0.2) is 12.2 Å². The minimum absolute atomic E-state index is 0.312. The van der Waals surface area contributed by atoms with Crippen LogP contribution in [0.2, 0.25) is 0 Å². The van der Waals surface area contributed by atoms with Crippen molar-refractivity contribution >= 4 is 12.1 Å². The van der Waals surface area contributed by atoms with Crippen molar-refractivity contribution in [1.29, 1.82) is 0 Å². The van der Waals surface area contributed by atoms with E-state index in [9.17, 15) is 4.79 Å². The van der Waals surface area contributed by atoms with Gasteiger partial charge in [-0.15, -0.1) is 0 Å². The molecule has 0 spiro atoms. The van der Waals surface area contributed by atoms with E-state index < -0.39 is 6.16 Å². The molecule has 0 aliphatic carbocycles. The molecule has 0 heterocycles. The Bertz CT molecular complexity index is 155. The molecule has 0 aliphatic heterocycles. The van der Waals surface area contributed by atoms with E-state index >= 15 is 0 Å². The summed E-state index contributed by atoms with van der Waals surface area (Å²) in [5.74, 6) is -0.312. The molecule has 5 nitrogen and oxygen atoms in total. The van der Waals surface area contributed by atoms with Gasteiger partial charge in [0, 0.05) is 5.57 Å². The summed E-state index contributed by atoms with van der Waals surface area (Å²) in [7, 11) is 1.35. The predicted molar refractivity (Wildman–Crippen MR) is 42.1 cm³/mol. The lowest BCUT2D eigenvalue weighted by Gasteiger charge is -1.95. The van der Waals surface area contributed by atoms with Crippen LogP contribution >= 0.6 is 0 Å². The Morgan fingerprint density at radius 2 is 1.75 bits per heavy atom. The minimum atomic E-state index is -1.83. The molecule has 0 saturated carbocycles. The van der Waals surface area contributed by atoms with Crippen LogP contribution in [-0.2, 0) is 9.53 Å². The fraction of sp³-hybridized carbons (Fsp3) is 0.429. The highest BCUT2D eigenvalue weighted by molar-refractivity contribution is 5.87. The number of rotatable bonds is 2. The molecular weight excluding hydrogens is 164 g/mol. The van der Waals surface area contributed by atoms with Gasteiger partial charge in [0.05, 0.1) is 7.11 Å². The summed E-state index contributed by atoms with van der Waals surface area (Å²) in [6.07, 6.45) is -1.17. The average molecular weight is 176 g/mol. The largest absolute Gasteiger partial charge is 0.503 e. The third kappa shape index (κ3) is 11.3. The van der Waals surface area contributed by atoms with Gasteiger partial charge in [-0.3, -0.25) is 0 Å². The van der Waals surface area contributed by atoms with Crippen molar-refractivity contribution < 1.29 is 24.5 Å². The first-order chi connectivity index (χ1) is 5.45. The molecule has 0 fully saturated rings. The van der Waals surface area contributed by atoms with Gasteiger partial charge in [-0.2, -0.15) is 0 Å². The predicted octanol–water partition coefficient (Wildman–Crippen LogP) is 1.35. The lowest BCUT2D eigenvalue weighted by atomic mass is 10.2. The van der Waals surface area contributed by atoms with Crippen LogP contribution in [0, 0.1) is 0 Å². The molecule has 0 aromatic heterocycles. The van der Waals surface area contributed by atoms with Crippen molar-refractivity contribution in [2.24, 2.45) is 0 Å². The molecule has 0 rings (SSSR count). The topological polar surface area (TPSA) is 83.8 Å². The summed E-state index contributed by atoms with van der Waals surface area (Å²) in [4.78, 5) is 19.0. The Kier molecular flexibility index (Phi) is 8.28. The number of carboxylic acid groups (broad SMARTS) is 2. The molecule has 5 heteroatoms. The first-order valence-corrected chi connectivity index (χ1v) is 3.13. The maximum absolute atomic E-state index is 10.4. The Balaban J connectivity index is 0. The fourth-order valence-corrected chi connectivity index (χ4v) is 0.289. The smallest absolute Gasteiger partial charge is 0.466 e. The van der Waals surface area contributed by atoms with Gasteiger partial charge in [0.2, 0.25) is 0 Å². The van der Waals surface area contributed by atoms with Crippen molar-refractivity contribution in [3.05, 3.63) is 12.2 Å². The molecule has 0 amide bonds. The number of carbonyl (C=O) groups is 2. The van der Waals surface area contributed by atoms with Gasteiger partial charge in [0.25, 0.3) is 0 Å². The van der Waals surface area contributed by atoms with Crippen LogP contribution in [-0.4, -0.2) is 29.4 Å². The molecular formula is C7H12O5. The summed E-state index contributed by atoms with van der Waals surface area (Å²) < 4.78 is 4.36. The van der Waals surface area contributed by atoms with E-state index in [1.54, 1.807) is 0 Å². The Morgan fingerprint density at radius 3 is 1.83 bits per heavy atom. The Hall–Kier alpha value is -1.52.